The van der Waals surface area contributed by atoms with Crippen LogP contribution in [-0.2, 0) is 10.0 Å². The molecule has 0 bridgehead atoms. The van der Waals surface area contributed by atoms with Crippen LogP contribution in [-0.4, -0.2) is 13.4 Å². The molecule has 2 aromatic carbocycles. The normalized spacial score (nSPS) is 11.1. The first-order valence-corrected chi connectivity index (χ1v) is 9.30. The molecule has 3 rings (SSSR count). The van der Waals surface area contributed by atoms with Crippen LogP contribution in [0.3, 0.4) is 0 Å². The highest BCUT2D eigenvalue weighted by Crippen LogP contribution is 2.21. The van der Waals surface area contributed by atoms with Crippen molar-refractivity contribution < 1.29 is 8.42 Å². The largest absolute Gasteiger partial charge is 0.340 e. The van der Waals surface area contributed by atoms with E-state index in [2.05, 4.69) is 15.0 Å². The van der Waals surface area contributed by atoms with E-state index in [9.17, 15) is 8.42 Å². The molecule has 0 fully saturated rings. The zero-order chi connectivity index (χ0) is 17.9. The van der Waals surface area contributed by atoms with Gasteiger partial charge >= 0.3 is 0 Å². The fourth-order valence-corrected chi connectivity index (χ4v) is 3.78. The molecule has 0 aliphatic rings. The quantitative estimate of drug-likeness (QED) is 0.719. The van der Waals surface area contributed by atoms with Crippen molar-refractivity contribution in [1.29, 1.82) is 0 Å². The summed E-state index contributed by atoms with van der Waals surface area (Å²) in [7, 11) is -3.65. The lowest BCUT2D eigenvalue weighted by molar-refractivity contribution is 0.600. The minimum atomic E-state index is -3.65. The molecule has 2 N–H and O–H groups in total. The minimum absolute atomic E-state index is 0.277. The molecule has 6 heteroatoms. The Morgan fingerprint density at radius 1 is 0.880 bits per heavy atom. The molecule has 0 radical (unpaired) electrons. The predicted molar refractivity (Wildman–Crippen MR) is 101 cm³/mol. The van der Waals surface area contributed by atoms with E-state index in [1.54, 1.807) is 31.2 Å². The molecule has 1 heterocycles. The van der Waals surface area contributed by atoms with E-state index in [1.165, 1.54) is 6.20 Å². The summed E-state index contributed by atoms with van der Waals surface area (Å²) >= 11 is 0. The average molecular weight is 353 g/mol. The van der Waals surface area contributed by atoms with Crippen LogP contribution >= 0.6 is 0 Å². The molecule has 0 unspecified atom stereocenters. The van der Waals surface area contributed by atoms with Crippen molar-refractivity contribution in [2.45, 2.75) is 18.7 Å². The zero-order valence-corrected chi connectivity index (χ0v) is 14.8. The highest BCUT2D eigenvalue weighted by Gasteiger charge is 2.17. The van der Waals surface area contributed by atoms with Crippen LogP contribution in [0.5, 0.6) is 0 Å². The van der Waals surface area contributed by atoms with Crippen LogP contribution in [0, 0.1) is 13.8 Å². The molecule has 0 amide bonds. The summed E-state index contributed by atoms with van der Waals surface area (Å²) in [5.41, 5.74) is 2.93. The summed E-state index contributed by atoms with van der Waals surface area (Å²) in [5, 5.41) is 3.15. The number of nitrogens with zero attached hydrogens (tertiary/aromatic N) is 1. The van der Waals surface area contributed by atoms with Crippen LogP contribution < -0.4 is 10.0 Å². The van der Waals surface area contributed by atoms with E-state index in [-0.39, 0.29) is 4.90 Å². The molecular formula is C19H19N3O2S. The summed E-state index contributed by atoms with van der Waals surface area (Å²) in [5.74, 6) is 0.640. The van der Waals surface area contributed by atoms with Crippen molar-refractivity contribution in [2.24, 2.45) is 0 Å². The Morgan fingerprint density at radius 2 is 1.64 bits per heavy atom. The first kappa shape index (κ1) is 17.0. The summed E-state index contributed by atoms with van der Waals surface area (Å²) in [6, 6.07) is 18.4. The van der Waals surface area contributed by atoms with Gasteiger partial charge in [-0.2, -0.15) is 0 Å². The van der Waals surface area contributed by atoms with Gasteiger partial charge in [-0.3, -0.25) is 4.72 Å². The average Bonchev–Trinajstić information content (AvgIpc) is 2.59. The first-order chi connectivity index (χ1) is 11.9. The molecule has 0 saturated heterocycles. The number of pyridine rings is 1. The number of sulfonamides is 1. The Morgan fingerprint density at radius 3 is 2.32 bits per heavy atom. The minimum Gasteiger partial charge on any atom is -0.340 e. The third-order valence-corrected chi connectivity index (χ3v) is 5.22. The standard InChI is InChI=1S/C19H19N3O2S/c1-14-8-9-15(2)18(12-14)25(23,24)22-17-10-11-19(20-13-17)21-16-6-4-3-5-7-16/h3-13,22H,1-2H3,(H,20,21). The van der Waals surface area contributed by atoms with Gasteiger partial charge in [-0.1, -0.05) is 30.3 Å². The van der Waals surface area contributed by atoms with Crippen LogP contribution in [0.4, 0.5) is 17.2 Å². The van der Waals surface area contributed by atoms with Gasteiger partial charge in [0.15, 0.2) is 0 Å². The van der Waals surface area contributed by atoms with E-state index in [4.69, 9.17) is 0 Å². The second kappa shape index (κ2) is 6.94. The molecule has 25 heavy (non-hydrogen) atoms. The molecule has 3 aromatic rings. The van der Waals surface area contributed by atoms with Crippen LogP contribution in [0.1, 0.15) is 11.1 Å². The lowest BCUT2D eigenvalue weighted by Gasteiger charge is -2.11. The third kappa shape index (κ3) is 4.16. The lowest BCUT2D eigenvalue weighted by Crippen LogP contribution is -2.14. The first-order valence-electron chi connectivity index (χ1n) is 7.82. The maximum Gasteiger partial charge on any atom is 0.262 e. The van der Waals surface area contributed by atoms with Crippen molar-refractivity contribution in [3.8, 4) is 0 Å². The molecule has 128 valence electrons. The number of rotatable bonds is 5. The third-order valence-electron chi connectivity index (χ3n) is 3.70. The van der Waals surface area contributed by atoms with Gasteiger partial charge in [0.2, 0.25) is 0 Å². The second-order valence-corrected chi connectivity index (χ2v) is 7.45. The molecular weight excluding hydrogens is 334 g/mol. The van der Waals surface area contributed by atoms with Gasteiger partial charge in [0.05, 0.1) is 16.8 Å². The Kier molecular flexibility index (Phi) is 4.72. The maximum absolute atomic E-state index is 12.6. The number of benzene rings is 2. The highest BCUT2D eigenvalue weighted by atomic mass is 32.2. The number of aryl methyl sites for hydroxylation is 2. The lowest BCUT2D eigenvalue weighted by atomic mass is 10.2. The number of anilines is 3. The number of aromatic nitrogens is 1. The number of nitrogens with one attached hydrogen (secondary N) is 2. The van der Waals surface area contributed by atoms with E-state index in [0.717, 1.165) is 11.3 Å². The smallest absolute Gasteiger partial charge is 0.262 e. The topological polar surface area (TPSA) is 71.1 Å². The number of para-hydroxylation sites is 1. The Balaban J connectivity index is 1.78. The fraction of sp³-hybridized carbons (Fsp3) is 0.105. The summed E-state index contributed by atoms with van der Waals surface area (Å²) < 4.78 is 27.8. The Hall–Kier alpha value is -2.86. The van der Waals surface area contributed by atoms with E-state index < -0.39 is 10.0 Å². The number of hydrogen-bond donors (Lipinski definition) is 2. The molecule has 0 atom stereocenters. The predicted octanol–water partition coefficient (Wildman–Crippen LogP) is 4.24. The molecule has 0 aliphatic heterocycles. The molecule has 0 spiro atoms. The Labute approximate surface area is 147 Å². The van der Waals surface area contributed by atoms with Gasteiger partial charge in [0, 0.05) is 5.69 Å². The molecule has 0 saturated carbocycles. The SMILES string of the molecule is Cc1ccc(C)c(S(=O)(=O)Nc2ccc(Nc3ccccc3)nc2)c1. The molecule has 0 aliphatic carbocycles. The van der Waals surface area contributed by atoms with Gasteiger partial charge in [-0.15, -0.1) is 0 Å². The van der Waals surface area contributed by atoms with Gasteiger partial charge in [0.25, 0.3) is 10.0 Å². The van der Waals surface area contributed by atoms with Crippen molar-refractivity contribution in [3.63, 3.8) is 0 Å². The van der Waals surface area contributed by atoms with Crippen LogP contribution in [0.15, 0.2) is 71.8 Å². The van der Waals surface area contributed by atoms with Gasteiger partial charge in [0.1, 0.15) is 5.82 Å². The molecule has 1 aromatic heterocycles. The van der Waals surface area contributed by atoms with Crippen molar-refractivity contribution in [3.05, 3.63) is 78.0 Å². The summed E-state index contributed by atoms with van der Waals surface area (Å²) in [6.45, 7) is 3.64. The van der Waals surface area contributed by atoms with Crippen molar-refractivity contribution in [2.75, 3.05) is 10.0 Å². The van der Waals surface area contributed by atoms with E-state index in [0.29, 0.717) is 17.1 Å². The van der Waals surface area contributed by atoms with Gasteiger partial charge in [-0.25, -0.2) is 13.4 Å². The van der Waals surface area contributed by atoms with Gasteiger partial charge in [-0.05, 0) is 55.3 Å². The molecule has 5 nitrogen and oxygen atoms in total. The monoisotopic (exact) mass is 353 g/mol. The van der Waals surface area contributed by atoms with Crippen LogP contribution in [0.2, 0.25) is 0 Å². The van der Waals surface area contributed by atoms with Gasteiger partial charge < -0.3 is 5.32 Å². The maximum atomic E-state index is 12.6. The fourth-order valence-electron chi connectivity index (χ4n) is 2.40. The van der Waals surface area contributed by atoms with Crippen LogP contribution in [0.25, 0.3) is 0 Å². The second-order valence-electron chi connectivity index (χ2n) is 5.80. The summed E-state index contributed by atoms with van der Waals surface area (Å²) in [4.78, 5) is 4.53. The van der Waals surface area contributed by atoms with E-state index >= 15 is 0 Å². The Bertz CT molecular complexity index is 969. The zero-order valence-electron chi connectivity index (χ0n) is 14.0. The van der Waals surface area contributed by atoms with Crippen molar-refractivity contribution >= 4 is 27.2 Å². The van der Waals surface area contributed by atoms with E-state index in [1.807, 2.05) is 43.3 Å². The van der Waals surface area contributed by atoms with Crippen molar-refractivity contribution in [1.82, 2.24) is 4.98 Å². The highest BCUT2D eigenvalue weighted by molar-refractivity contribution is 7.92. The number of hydrogen-bond acceptors (Lipinski definition) is 4. The summed E-state index contributed by atoms with van der Waals surface area (Å²) in [6.07, 6.45) is 1.49.